The summed E-state index contributed by atoms with van der Waals surface area (Å²) in [4.78, 5) is 32.3. The molecule has 0 aliphatic rings. The fourth-order valence-corrected chi connectivity index (χ4v) is 1.70. The van der Waals surface area contributed by atoms with Gasteiger partial charge < -0.3 is 0 Å². The van der Waals surface area contributed by atoms with E-state index in [2.05, 4.69) is 0 Å². The van der Waals surface area contributed by atoms with Crippen LogP contribution in [0, 0.1) is 0 Å². The summed E-state index contributed by atoms with van der Waals surface area (Å²) in [5.74, 6) is 0. The van der Waals surface area contributed by atoms with Crippen LogP contribution in [-0.4, -0.2) is 18.9 Å². The average Bonchev–Trinajstić information content (AvgIpc) is 2.36. The molecular formula is C13H8O3. The molecule has 0 N–H and O–H groups in total. The average molecular weight is 212 g/mol. The normalized spacial score (nSPS) is 10.0. The van der Waals surface area contributed by atoms with Crippen molar-refractivity contribution >= 4 is 29.6 Å². The summed E-state index contributed by atoms with van der Waals surface area (Å²) < 4.78 is 0. The van der Waals surface area contributed by atoms with Crippen molar-refractivity contribution < 1.29 is 14.4 Å². The van der Waals surface area contributed by atoms with E-state index in [9.17, 15) is 14.4 Å². The predicted molar refractivity (Wildman–Crippen MR) is 60.1 cm³/mol. The van der Waals surface area contributed by atoms with Crippen LogP contribution in [0.3, 0.4) is 0 Å². The molecule has 3 nitrogen and oxygen atoms in total. The number of carbonyl (C=O) groups is 3. The monoisotopic (exact) mass is 212 g/mol. The molecule has 78 valence electrons. The van der Waals surface area contributed by atoms with E-state index >= 15 is 0 Å². The van der Waals surface area contributed by atoms with E-state index in [4.69, 9.17) is 0 Å². The zero-order valence-electron chi connectivity index (χ0n) is 8.34. The Hall–Kier alpha value is -2.29. The van der Waals surface area contributed by atoms with Crippen molar-refractivity contribution in [3.63, 3.8) is 0 Å². The molecule has 0 fully saturated rings. The maximum absolute atomic E-state index is 10.9. The lowest BCUT2D eigenvalue weighted by Gasteiger charge is -2.04. The molecule has 3 heteroatoms. The number of hydrogen-bond donors (Lipinski definition) is 0. The first-order valence-electron chi connectivity index (χ1n) is 4.72. The van der Waals surface area contributed by atoms with Crippen molar-refractivity contribution in [2.45, 2.75) is 0 Å². The molecule has 0 amide bonds. The fourth-order valence-electron chi connectivity index (χ4n) is 1.70. The zero-order valence-corrected chi connectivity index (χ0v) is 8.34. The van der Waals surface area contributed by atoms with Gasteiger partial charge in [0.1, 0.15) is 6.29 Å². The third-order valence-electron chi connectivity index (χ3n) is 2.50. The Balaban J connectivity index is 2.83. The molecule has 0 saturated heterocycles. The summed E-state index contributed by atoms with van der Waals surface area (Å²) in [6.07, 6.45) is 2.05. The van der Waals surface area contributed by atoms with Gasteiger partial charge in [0.05, 0.1) is 0 Å². The first kappa shape index (κ1) is 10.2. The highest BCUT2D eigenvalue weighted by atomic mass is 16.1. The maximum atomic E-state index is 10.9. The molecule has 0 aliphatic heterocycles. The molecule has 2 aromatic carbocycles. The van der Waals surface area contributed by atoms with Gasteiger partial charge >= 0.3 is 0 Å². The minimum Gasteiger partial charge on any atom is -0.298 e. The van der Waals surface area contributed by atoms with Gasteiger partial charge in [-0.05, 0) is 16.8 Å². The highest BCUT2D eigenvalue weighted by Crippen LogP contribution is 2.21. The van der Waals surface area contributed by atoms with E-state index in [1.165, 1.54) is 0 Å². The summed E-state index contributed by atoms with van der Waals surface area (Å²) in [6, 6.07) is 8.28. The third-order valence-corrected chi connectivity index (χ3v) is 2.50. The summed E-state index contributed by atoms with van der Waals surface area (Å²) in [5, 5.41) is 1.46. The van der Waals surface area contributed by atoms with Crippen molar-refractivity contribution in [3.05, 3.63) is 47.0 Å². The highest BCUT2D eigenvalue weighted by molar-refractivity contribution is 6.05. The van der Waals surface area contributed by atoms with E-state index in [1.54, 1.807) is 30.3 Å². The van der Waals surface area contributed by atoms with Crippen LogP contribution in [-0.2, 0) is 0 Å². The second-order valence-corrected chi connectivity index (χ2v) is 3.40. The molecule has 0 heterocycles. The summed E-state index contributed by atoms with van der Waals surface area (Å²) in [7, 11) is 0. The van der Waals surface area contributed by atoms with E-state index in [0.717, 1.165) is 11.7 Å². The van der Waals surface area contributed by atoms with Crippen LogP contribution in [0.2, 0.25) is 0 Å². The van der Waals surface area contributed by atoms with E-state index < -0.39 is 0 Å². The van der Waals surface area contributed by atoms with Crippen LogP contribution in [0.25, 0.3) is 10.8 Å². The Morgan fingerprint density at radius 2 is 1.62 bits per heavy atom. The van der Waals surface area contributed by atoms with E-state index in [-0.39, 0.29) is 0 Å². The quantitative estimate of drug-likeness (QED) is 0.733. The van der Waals surface area contributed by atoms with Gasteiger partial charge in [-0.25, -0.2) is 0 Å². The first-order chi connectivity index (χ1) is 7.80. The minimum absolute atomic E-state index is 0.362. The molecule has 2 aromatic rings. The Labute approximate surface area is 91.7 Å². The van der Waals surface area contributed by atoms with Gasteiger partial charge in [0.2, 0.25) is 0 Å². The van der Waals surface area contributed by atoms with E-state index in [1.807, 2.05) is 0 Å². The summed E-state index contributed by atoms with van der Waals surface area (Å²) in [6.45, 7) is 0. The standard InChI is InChI=1S/C13H8O3/c14-6-9-1-4-12-10(5-9)2-3-11(7-15)13(12)8-16/h1-8H. The molecule has 0 atom stereocenters. The Kier molecular flexibility index (Phi) is 2.60. The number of benzene rings is 2. The number of carbonyl (C=O) groups excluding carboxylic acids is 3. The fraction of sp³-hybridized carbons (Fsp3) is 0. The van der Waals surface area contributed by atoms with Crippen LogP contribution in [0.1, 0.15) is 31.1 Å². The molecule has 0 radical (unpaired) electrons. The van der Waals surface area contributed by atoms with Crippen LogP contribution in [0.4, 0.5) is 0 Å². The molecule has 16 heavy (non-hydrogen) atoms. The van der Waals surface area contributed by atoms with Crippen molar-refractivity contribution in [1.82, 2.24) is 0 Å². The molecular weight excluding hydrogens is 204 g/mol. The smallest absolute Gasteiger partial charge is 0.151 e. The molecule has 0 aliphatic carbocycles. The van der Waals surface area contributed by atoms with Gasteiger partial charge in [0.25, 0.3) is 0 Å². The predicted octanol–water partition coefficient (Wildman–Crippen LogP) is 2.28. The minimum atomic E-state index is 0.362. The lowest BCUT2D eigenvalue weighted by molar-refractivity contribution is 0.109. The van der Waals surface area contributed by atoms with Crippen LogP contribution in [0.5, 0.6) is 0 Å². The Morgan fingerprint density at radius 3 is 2.25 bits per heavy atom. The van der Waals surface area contributed by atoms with Gasteiger partial charge in [-0.2, -0.15) is 0 Å². The van der Waals surface area contributed by atoms with Gasteiger partial charge in [0, 0.05) is 16.7 Å². The second-order valence-electron chi connectivity index (χ2n) is 3.40. The molecule has 0 aromatic heterocycles. The Bertz CT molecular complexity index is 585. The van der Waals surface area contributed by atoms with Crippen molar-refractivity contribution in [2.24, 2.45) is 0 Å². The van der Waals surface area contributed by atoms with Gasteiger partial charge in [-0.15, -0.1) is 0 Å². The molecule has 0 unspecified atom stereocenters. The maximum Gasteiger partial charge on any atom is 0.151 e. The van der Waals surface area contributed by atoms with Gasteiger partial charge in [-0.1, -0.05) is 24.3 Å². The van der Waals surface area contributed by atoms with E-state index in [0.29, 0.717) is 34.6 Å². The number of aldehydes is 3. The number of hydrogen-bond acceptors (Lipinski definition) is 3. The number of rotatable bonds is 3. The SMILES string of the molecule is O=Cc1ccc2c(C=O)c(C=O)ccc2c1. The second kappa shape index (κ2) is 4.06. The molecule has 0 bridgehead atoms. The van der Waals surface area contributed by atoms with Crippen molar-refractivity contribution in [2.75, 3.05) is 0 Å². The molecule has 0 saturated carbocycles. The molecule has 2 rings (SSSR count). The Morgan fingerprint density at radius 1 is 0.812 bits per heavy atom. The number of fused-ring (bicyclic) bond motifs is 1. The lowest BCUT2D eigenvalue weighted by atomic mass is 9.99. The van der Waals surface area contributed by atoms with Gasteiger partial charge in [-0.3, -0.25) is 14.4 Å². The van der Waals surface area contributed by atoms with Crippen molar-refractivity contribution in [3.8, 4) is 0 Å². The highest BCUT2D eigenvalue weighted by Gasteiger charge is 2.06. The largest absolute Gasteiger partial charge is 0.298 e. The van der Waals surface area contributed by atoms with Crippen LogP contribution in [0.15, 0.2) is 30.3 Å². The third kappa shape index (κ3) is 1.52. The van der Waals surface area contributed by atoms with Crippen LogP contribution < -0.4 is 0 Å². The lowest BCUT2D eigenvalue weighted by Crippen LogP contribution is -1.93. The topological polar surface area (TPSA) is 51.2 Å². The zero-order chi connectivity index (χ0) is 11.5. The molecule has 0 spiro atoms. The van der Waals surface area contributed by atoms with Crippen molar-refractivity contribution in [1.29, 1.82) is 0 Å². The summed E-state index contributed by atoms with van der Waals surface area (Å²) >= 11 is 0. The van der Waals surface area contributed by atoms with Crippen LogP contribution >= 0.6 is 0 Å². The summed E-state index contributed by atoms with van der Waals surface area (Å²) in [5.41, 5.74) is 1.27. The first-order valence-corrected chi connectivity index (χ1v) is 4.72. The van der Waals surface area contributed by atoms with Gasteiger partial charge in [0.15, 0.2) is 12.6 Å².